The minimum atomic E-state index is -0.462. The molecule has 142 valence electrons. The Balaban J connectivity index is 1.83. The third-order valence-electron chi connectivity index (χ3n) is 5.32. The number of halogens is 1. The van der Waals surface area contributed by atoms with E-state index in [-0.39, 0.29) is 16.8 Å². The minimum Gasteiger partial charge on any atom is -0.378 e. The van der Waals surface area contributed by atoms with E-state index in [2.05, 4.69) is 4.37 Å². The van der Waals surface area contributed by atoms with Crippen molar-refractivity contribution in [1.29, 1.82) is 0 Å². The van der Waals surface area contributed by atoms with Crippen LogP contribution < -0.4 is 15.9 Å². The highest BCUT2D eigenvalue weighted by Gasteiger charge is 2.29. The molecule has 28 heavy (non-hydrogen) atoms. The summed E-state index contributed by atoms with van der Waals surface area (Å²) in [5.41, 5.74) is 2.11. The maximum Gasteiger partial charge on any atom is 0.271 e. The zero-order valence-electron chi connectivity index (χ0n) is 15.5. The summed E-state index contributed by atoms with van der Waals surface area (Å²) >= 11 is 1.18. The van der Waals surface area contributed by atoms with Gasteiger partial charge in [-0.15, -0.1) is 0 Å². The second-order valence-electron chi connectivity index (χ2n) is 7.43. The topological polar surface area (TPSA) is 58.1 Å². The Labute approximate surface area is 163 Å². The fraction of sp³-hybridized carbons (Fsp3) is 0.238. The zero-order valence-corrected chi connectivity index (χ0v) is 16.3. The normalized spacial score (nSPS) is 14.1. The van der Waals surface area contributed by atoms with Gasteiger partial charge in [0.15, 0.2) is 0 Å². The molecule has 4 aromatic rings. The van der Waals surface area contributed by atoms with Gasteiger partial charge >= 0.3 is 0 Å². The lowest BCUT2D eigenvalue weighted by atomic mass is 10.0. The van der Waals surface area contributed by atoms with Crippen LogP contribution in [0.25, 0.3) is 32.2 Å². The Morgan fingerprint density at radius 2 is 1.86 bits per heavy atom. The molecule has 1 saturated carbocycles. The summed E-state index contributed by atoms with van der Waals surface area (Å²) < 4.78 is 19.7. The first-order chi connectivity index (χ1) is 13.5. The summed E-state index contributed by atoms with van der Waals surface area (Å²) in [7, 11) is 3.90. The third kappa shape index (κ3) is 2.50. The van der Waals surface area contributed by atoms with E-state index >= 15 is 0 Å². The van der Waals surface area contributed by atoms with E-state index < -0.39 is 16.8 Å². The number of aromatic nitrogens is 2. The van der Waals surface area contributed by atoms with Crippen molar-refractivity contribution in [2.45, 2.75) is 18.9 Å². The molecule has 0 saturated heterocycles. The van der Waals surface area contributed by atoms with Crippen LogP contribution in [0.3, 0.4) is 0 Å². The number of H-pyrrole nitrogens is 1. The molecule has 0 amide bonds. The van der Waals surface area contributed by atoms with Crippen molar-refractivity contribution in [2.24, 2.45) is 0 Å². The van der Waals surface area contributed by atoms with Crippen LogP contribution in [0, 0.1) is 5.82 Å². The number of nitrogens with zero attached hydrogens (tertiary/aromatic N) is 2. The first kappa shape index (κ1) is 17.2. The van der Waals surface area contributed by atoms with Crippen LogP contribution in [0.1, 0.15) is 18.9 Å². The molecule has 0 unspecified atom stereocenters. The number of hydrogen-bond acceptors (Lipinski definition) is 4. The fourth-order valence-corrected chi connectivity index (χ4v) is 4.63. The lowest BCUT2D eigenvalue weighted by Crippen LogP contribution is -2.15. The number of anilines is 1. The van der Waals surface area contributed by atoms with Crippen LogP contribution >= 0.6 is 11.5 Å². The van der Waals surface area contributed by atoms with Crippen LogP contribution in [-0.2, 0) is 0 Å². The van der Waals surface area contributed by atoms with Gasteiger partial charge in [0.25, 0.3) is 5.56 Å². The average molecular weight is 395 g/mol. The number of rotatable bonds is 3. The van der Waals surface area contributed by atoms with Gasteiger partial charge in [-0.3, -0.25) is 14.0 Å². The molecule has 0 aliphatic heterocycles. The van der Waals surface area contributed by atoms with Gasteiger partial charge in [0.1, 0.15) is 16.0 Å². The highest BCUT2D eigenvalue weighted by molar-refractivity contribution is 7.12. The standard InChI is InChI=1S/C21H18FN3O2S/c1-24(2)12-5-3-11(4-6-12)14-10-17-15(9-16(14)22)19(26)18-20(27)23-28-21(18)25(17)13-7-8-13/h3-6,9-10,13H,7-8H2,1-2H3,(H,23,27). The van der Waals surface area contributed by atoms with Gasteiger partial charge in [-0.2, -0.15) is 0 Å². The van der Waals surface area contributed by atoms with Gasteiger partial charge in [-0.1, -0.05) is 12.1 Å². The highest BCUT2D eigenvalue weighted by atomic mass is 32.1. The van der Waals surface area contributed by atoms with Gasteiger partial charge in [0, 0.05) is 36.8 Å². The predicted octanol–water partition coefficient (Wildman–Crippen LogP) is 4.11. The second-order valence-corrected chi connectivity index (χ2v) is 8.23. The molecule has 1 fully saturated rings. The van der Waals surface area contributed by atoms with E-state index in [9.17, 15) is 14.0 Å². The Morgan fingerprint density at radius 1 is 1.14 bits per heavy atom. The summed E-state index contributed by atoms with van der Waals surface area (Å²) in [6, 6.07) is 10.9. The smallest absolute Gasteiger partial charge is 0.271 e. The van der Waals surface area contributed by atoms with Crippen molar-refractivity contribution < 1.29 is 4.39 Å². The molecule has 0 spiro atoms. The van der Waals surface area contributed by atoms with Gasteiger partial charge < -0.3 is 9.47 Å². The van der Waals surface area contributed by atoms with Gasteiger partial charge in [0.05, 0.1) is 5.52 Å². The molecule has 0 radical (unpaired) electrons. The number of benzene rings is 2. The number of pyridine rings is 1. The molecule has 5 rings (SSSR count). The van der Waals surface area contributed by atoms with Crippen LogP contribution in [0.2, 0.25) is 0 Å². The first-order valence-electron chi connectivity index (χ1n) is 9.12. The van der Waals surface area contributed by atoms with Crippen molar-refractivity contribution >= 4 is 38.3 Å². The summed E-state index contributed by atoms with van der Waals surface area (Å²) in [6.07, 6.45) is 1.98. The van der Waals surface area contributed by atoms with Crippen LogP contribution in [0.5, 0.6) is 0 Å². The van der Waals surface area contributed by atoms with Crippen molar-refractivity contribution in [3.63, 3.8) is 0 Å². The maximum atomic E-state index is 15.0. The number of hydrogen-bond donors (Lipinski definition) is 1. The Hall–Kier alpha value is -2.93. The molecule has 0 bridgehead atoms. The van der Waals surface area contributed by atoms with E-state index in [1.807, 2.05) is 47.8 Å². The van der Waals surface area contributed by atoms with Crippen LogP contribution in [0.4, 0.5) is 10.1 Å². The Kier molecular flexibility index (Phi) is 3.71. The highest BCUT2D eigenvalue weighted by Crippen LogP contribution is 2.40. The van der Waals surface area contributed by atoms with Crippen molar-refractivity contribution in [3.8, 4) is 11.1 Å². The first-order valence-corrected chi connectivity index (χ1v) is 9.94. The SMILES string of the molecule is CN(C)c1ccc(-c2cc3c(cc2F)c(=O)c2c(=O)[nH]sc2n3C2CC2)cc1. The van der Waals surface area contributed by atoms with Crippen molar-refractivity contribution in [3.05, 3.63) is 62.8 Å². The van der Waals surface area contributed by atoms with Crippen molar-refractivity contribution in [2.75, 3.05) is 19.0 Å². The fourth-order valence-electron chi connectivity index (χ4n) is 3.71. The molecular weight excluding hydrogens is 377 g/mol. The second kappa shape index (κ2) is 6.04. The molecule has 0 atom stereocenters. The lowest BCUT2D eigenvalue weighted by Gasteiger charge is -2.15. The molecule has 7 heteroatoms. The quantitative estimate of drug-likeness (QED) is 0.568. The van der Waals surface area contributed by atoms with Crippen LogP contribution in [-0.4, -0.2) is 23.0 Å². The maximum absolute atomic E-state index is 15.0. The average Bonchev–Trinajstić information content (AvgIpc) is 3.44. The Morgan fingerprint density at radius 3 is 2.50 bits per heavy atom. The summed E-state index contributed by atoms with van der Waals surface area (Å²) in [5.74, 6) is -0.462. The van der Waals surface area contributed by atoms with Gasteiger partial charge in [-0.05, 0) is 54.2 Å². The summed E-state index contributed by atoms with van der Waals surface area (Å²) in [4.78, 5) is 27.7. The molecule has 1 N–H and O–H groups in total. The van der Waals surface area contributed by atoms with E-state index in [1.165, 1.54) is 17.6 Å². The predicted molar refractivity (Wildman–Crippen MR) is 112 cm³/mol. The molecule has 2 aromatic heterocycles. The van der Waals surface area contributed by atoms with Gasteiger partial charge in [-0.25, -0.2) is 4.39 Å². The van der Waals surface area contributed by atoms with Crippen LogP contribution in [0.15, 0.2) is 46.0 Å². The molecule has 2 aromatic carbocycles. The molecular formula is C21H18FN3O2S. The summed E-state index contributed by atoms with van der Waals surface area (Å²) in [5, 5.41) is 0.390. The third-order valence-corrected chi connectivity index (χ3v) is 6.21. The number of aromatic amines is 1. The minimum absolute atomic E-state index is 0.131. The summed E-state index contributed by atoms with van der Waals surface area (Å²) in [6.45, 7) is 0. The monoisotopic (exact) mass is 395 g/mol. The van der Waals surface area contributed by atoms with Gasteiger partial charge in [0.2, 0.25) is 5.43 Å². The zero-order chi connectivity index (χ0) is 19.6. The largest absolute Gasteiger partial charge is 0.378 e. The van der Waals surface area contributed by atoms with E-state index in [1.54, 1.807) is 6.07 Å². The molecule has 2 heterocycles. The van der Waals surface area contributed by atoms with E-state index in [4.69, 9.17) is 0 Å². The molecule has 5 nitrogen and oxygen atoms in total. The van der Waals surface area contributed by atoms with Crippen molar-refractivity contribution in [1.82, 2.24) is 8.94 Å². The Bertz CT molecular complexity index is 1340. The molecule has 1 aliphatic rings. The number of fused-ring (bicyclic) bond motifs is 2. The lowest BCUT2D eigenvalue weighted by molar-refractivity contribution is 0.632. The molecule has 1 aliphatic carbocycles. The van der Waals surface area contributed by atoms with E-state index in [0.29, 0.717) is 15.9 Å². The van der Waals surface area contributed by atoms with E-state index in [0.717, 1.165) is 24.1 Å². The number of nitrogens with one attached hydrogen (secondary N) is 1.